The fourth-order valence-electron chi connectivity index (χ4n) is 2.80. The van der Waals surface area contributed by atoms with Crippen LogP contribution in [-0.2, 0) is 11.2 Å². The van der Waals surface area contributed by atoms with Gasteiger partial charge < -0.3 is 10.1 Å². The average Bonchev–Trinajstić information content (AvgIpc) is 3.20. The summed E-state index contributed by atoms with van der Waals surface area (Å²) in [5.41, 5.74) is 2.92. The molecule has 0 radical (unpaired) electrons. The van der Waals surface area contributed by atoms with E-state index in [1.807, 2.05) is 47.0 Å². The number of anilines is 1. The zero-order chi connectivity index (χ0) is 20.6. The van der Waals surface area contributed by atoms with Crippen LogP contribution in [0.3, 0.4) is 0 Å². The number of rotatable bonds is 9. The van der Waals surface area contributed by atoms with Crippen LogP contribution in [0.4, 0.5) is 5.69 Å². The molecule has 0 unspecified atom stereocenters. The van der Waals surface area contributed by atoms with Crippen LogP contribution >= 0.6 is 11.8 Å². The maximum absolute atomic E-state index is 12.5. The SMILES string of the molecule is CCc1ccccc1-n1cnnc1SCC(=O)Nc1ccccc1OCC(C)C. The van der Waals surface area contributed by atoms with Crippen molar-refractivity contribution in [3.63, 3.8) is 0 Å². The Morgan fingerprint density at radius 1 is 1.17 bits per heavy atom. The predicted molar refractivity (Wildman–Crippen MR) is 117 cm³/mol. The van der Waals surface area contributed by atoms with Crippen molar-refractivity contribution < 1.29 is 9.53 Å². The molecule has 1 heterocycles. The lowest BCUT2D eigenvalue weighted by molar-refractivity contribution is -0.113. The van der Waals surface area contributed by atoms with Crippen molar-refractivity contribution in [3.05, 3.63) is 60.4 Å². The Kier molecular flexibility index (Phi) is 7.30. The molecule has 1 aromatic heterocycles. The van der Waals surface area contributed by atoms with E-state index >= 15 is 0 Å². The summed E-state index contributed by atoms with van der Waals surface area (Å²) in [5.74, 6) is 1.20. The molecule has 0 aliphatic heterocycles. The van der Waals surface area contributed by atoms with E-state index in [4.69, 9.17) is 4.74 Å². The molecular weight excluding hydrogens is 384 g/mol. The minimum atomic E-state index is -0.117. The van der Waals surface area contributed by atoms with E-state index in [0.29, 0.717) is 29.1 Å². The Morgan fingerprint density at radius 2 is 1.93 bits per heavy atom. The fourth-order valence-corrected chi connectivity index (χ4v) is 3.52. The van der Waals surface area contributed by atoms with E-state index in [9.17, 15) is 4.79 Å². The molecule has 0 spiro atoms. The molecule has 3 rings (SSSR count). The normalized spacial score (nSPS) is 10.9. The molecule has 0 saturated carbocycles. The van der Waals surface area contributed by atoms with Crippen LogP contribution in [0.2, 0.25) is 0 Å². The lowest BCUT2D eigenvalue weighted by Crippen LogP contribution is -2.16. The van der Waals surface area contributed by atoms with Gasteiger partial charge in [-0.1, -0.05) is 62.9 Å². The summed E-state index contributed by atoms with van der Waals surface area (Å²) in [7, 11) is 0. The second kappa shape index (κ2) is 10.1. The number of nitrogens with zero attached hydrogens (tertiary/aromatic N) is 3. The molecule has 0 bridgehead atoms. The van der Waals surface area contributed by atoms with Gasteiger partial charge in [0, 0.05) is 0 Å². The van der Waals surface area contributed by atoms with Crippen LogP contribution < -0.4 is 10.1 Å². The van der Waals surface area contributed by atoms with Crippen LogP contribution in [0.15, 0.2) is 60.0 Å². The summed E-state index contributed by atoms with van der Waals surface area (Å²) in [6.45, 7) is 6.89. The molecule has 152 valence electrons. The van der Waals surface area contributed by atoms with E-state index < -0.39 is 0 Å². The van der Waals surface area contributed by atoms with E-state index in [1.54, 1.807) is 6.33 Å². The highest BCUT2D eigenvalue weighted by atomic mass is 32.2. The van der Waals surface area contributed by atoms with Crippen LogP contribution in [0, 0.1) is 5.92 Å². The number of carbonyl (C=O) groups is 1. The number of nitrogens with one attached hydrogen (secondary N) is 1. The first-order chi connectivity index (χ1) is 14.1. The molecule has 6 nitrogen and oxygen atoms in total. The zero-order valence-corrected chi connectivity index (χ0v) is 17.8. The number of amides is 1. The first kappa shape index (κ1) is 20.9. The molecule has 0 fully saturated rings. The van der Waals surface area contributed by atoms with Gasteiger partial charge in [-0.15, -0.1) is 10.2 Å². The second-order valence-electron chi connectivity index (χ2n) is 7.00. The molecule has 0 saturated heterocycles. The van der Waals surface area contributed by atoms with Crippen LogP contribution in [0.25, 0.3) is 5.69 Å². The van der Waals surface area contributed by atoms with Gasteiger partial charge in [-0.25, -0.2) is 0 Å². The molecule has 0 atom stereocenters. The molecule has 0 aliphatic rings. The van der Waals surface area contributed by atoms with E-state index in [2.05, 4.69) is 42.4 Å². The summed E-state index contributed by atoms with van der Waals surface area (Å²) >= 11 is 1.36. The standard InChI is InChI=1S/C22H26N4O2S/c1-4-17-9-5-7-11-19(17)26-15-23-25-22(26)29-14-21(27)24-18-10-6-8-12-20(18)28-13-16(2)3/h5-12,15-16H,4,13-14H2,1-3H3,(H,24,27). The first-order valence-electron chi connectivity index (χ1n) is 9.71. The topological polar surface area (TPSA) is 69.0 Å². The van der Waals surface area contributed by atoms with Gasteiger partial charge in [0.2, 0.25) is 5.91 Å². The fraction of sp³-hybridized carbons (Fsp3) is 0.318. The van der Waals surface area contributed by atoms with Crippen molar-refractivity contribution in [1.82, 2.24) is 14.8 Å². The first-order valence-corrected chi connectivity index (χ1v) is 10.7. The molecule has 29 heavy (non-hydrogen) atoms. The number of aromatic nitrogens is 3. The Hall–Kier alpha value is -2.80. The smallest absolute Gasteiger partial charge is 0.234 e. The summed E-state index contributed by atoms with van der Waals surface area (Å²) < 4.78 is 7.73. The maximum atomic E-state index is 12.5. The molecule has 1 amide bonds. The lowest BCUT2D eigenvalue weighted by Gasteiger charge is -2.14. The third kappa shape index (κ3) is 5.60. The number of para-hydroxylation sites is 3. The highest BCUT2D eigenvalue weighted by Gasteiger charge is 2.13. The van der Waals surface area contributed by atoms with Crippen LogP contribution in [0.1, 0.15) is 26.3 Å². The highest BCUT2D eigenvalue weighted by Crippen LogP contribution is 2.26. The Bertz CT molecular complexity index is 955. The van der Waals surface area contributed by atoms with Gasteiger partial charge in [0.1, 0.15) is 12.1 Å². The Morgan fingerprint density at radius 3 is 2.72 bits per heavy atom. The summed E-state index contributed by atoms with van der Waals surface area (Å²) in [4.78, 5) is 12.5. The summed E-state index contributed by atoms with van der Waals surface area (Å²) in [5, 5.41) is 11.8. The summed E-state index contributed by atoms with van der Waals surface area (Å²) in [6, 6.07) is 15.6. The third-order valence-electron chi connectivity index (χ3n) is 4.21. The quantitative estimate of drug-likeness (QED) is 0.522. The third-order valence-corrected chi connectivity index (χ3v) is 5.16. The van der Waals surface area contributed by atoms with E-state index in [-0.39, 0.29) is 11.7 Å². The van der Waals surface area contributed by atoms with Gasteiger partial charge in [0.15, 0.2) is 5.16 Å². The van der Waals surface area contributed by atoms with Crippen molar-refractivity contribution >= 4 is 23.4 Å². The number of hydrogen-bond acceptors (Lipinski definition) is 5. The summed E-state index contributed by atoms with van der Waals surface area (Å²) in [6.07, 6.45) is 2.59. The van der Waals surface area contributed by atoms with Gasteiger partial charge in [-0.3, -0.25) is 9.36 Å². The average molecular weight is 411 g/mol. The molecule has 0 aliphatic carbocycles. The molecule has 7 heteroatoms. The van der Waals surface area contributed by atoms with Crippen molar-refractivity contribution in [1.29, 1.82) is 0 Å². The number of hydrogen-bond donors (Lipinski definition) is 1. The largest absolute Gasteiger partial charge is 0.491 e. The molecule has 1 N–H and O–H groups in total. The Labute approximate surface area is 175 Å². The van der Waals surface area contributed by atoms with Crippen molar-refractivity contribution in [3.8, 4) is 11.4 Å². The zero-order valence-electron chi connectivity index (χ0n) is 17.0. The molecule has 2 aromatic carbocycles. The minimum Gasteiger partial charge on any atom is -0.491 e. The Balaban J connectivity index is 1.65. The highest BCUT2D eigenvalue weighted by molar-refractivity contribution is 7.99. The number of aryl methyl sites for hydroxylation is 1. The van der Waals surface area contributed by atoms with Gasteiger partial charge in [0.25, 0.3) is 0 Å². The predicted octanol–water partition coefficient (Wildman–Crippen LogP) is 4.60. The monoisotopic (exact) mass is 410 g/mol. The molecule has 3 aromatic rings. The van der Waals surface area contributed by atoms with Crippen LogP contribution in [-0.4, -0.2) is 33.0 Å². The van der Waals surface area contributed by atoms with Crippen molar-refractivity contribution in [2.45, 2.75) is 32.3 Å². The van der Waals surface area contributed by atoms with E-state index in [1.165, 1.54) is 17.3 Å². The van der Waals surface area contributed by atoms with Crippen molar-refractivity contribution in [2.24, 2.45) is 5.92 Å². The van der Waals surface area contributed by atoms with Crippen molar-refractivity contribution in [2.75, 3.05) is 17.7 Å². The molecular formula is C22H26N4O2S. The van der Waals surface area contributed by atoms with Gasteiger partial charge in [-0.05, 0) is 36.1 Å². The van der Waals surface area contributed by atoms with E-state index in [0.717, 1.165) is 12.1 Å². The van der Waals surface area contributed by atoms with Gasteiger partial charge in [-0.2, -0.15) is 0 Å². The number of benzene rings is 2. The number of ether oxygens (including phenoxy) is 1. The van der Waals surface area contributed by atoms with Gasteiger partial charge >= 0.3 is 0 Å². The van der Waals surface area contributed by atoms with Gasteiger partial charge in [0.05, 0.1) is 23.7 Å². The number of thioether (sulfide) groups is 1. The lowest BCUT2D eigenvalue weighted by atomic mass is 10.1. The second-order valence-corrected chi connectivity index (χ2v) is 7.95. The maximum Gasteiger partial charge on any atom is 0.234 e. The minimum absolute atomic E-state index is 0.117. The number of carbonyl (C=O) groups excluding carboxylic acids is 1. The van der Waals surface area contributed by atoms with Crippen LogP contribution in [0.5, 0.6) is 5.75 Å².